The SMILES string of the molecule is CCNc1ncc(CN2C[C@@H](Cc3ccc4ccccc4n3)[C@H](O)C2)cn1. The summed E-state index contributed by atoms with van der Waals surface area (Å²) in [6.07, 6.45) is 4.17. The van der Waals surface area contributed by atoms with Crippen molar-refractivity contribution in [3.8, 4) is 0 Å². The van der Waals surface area contributed by atoms with Crippen molar-refractivity contribution in [1.29, 1.82) is 0 Å². The topological polar surface area (TPSA) is 74.2 Å². The molecular formula is C21H25N5O. The number of aliphatic hydroxyl groups excluding tert-OH is 1. The lowest BCUT2D eigenvalue weighted by Gasteiger charge is -2.15. The van der Waals surface area contributed by atoms with Gasteiger partial charge in [0.05, 0.1) is 11.6 Å². The third kappa shape index (κ3) is 4.23. The molecule has 3 heterocycles. The Labute approximate surface area is 159 Å². The summed E-state index contributed by atoms with van der Waals surface area (Å²) in [4.78, 5) is 15.7. The summed E-state index contributed by atoms with van der Waals surface area (Å²) in [7, 11) is 0. The zero-order chi connectivity index (χ0) is 18.6. The minimum absolute atomic E-state index is 0.195. The van der Waals surface area contributed by atoms with E-state index in [4.69, 9.17) is 4.98 Å². The van der Waals surface area contributed by atoms with Gasteiger partial charge in [-0.25, -0.2) is 9.97 Å². The highest BCUT2D eigenvalue weighted by atomic mass is 16.3. The molecule has 2 atom stereocenters. The molecular weight excluding hydrogens is 338 g/mol. The van der Waals surface area contributed by atoms with Crippen LogP contribution in [0.15, 0.2) is 48.8 Å². The normalized spacial score (nSPS) is 20.2. The summed E-state index contributed by atoms with van der Waals surface area (Å²) in [5, 5.41) is 14.8. The number of nitrogens with one attached hydrogen (secondary N) is 1. The van der Waals surface area contributed by atoms with Gasteiger partial charge in [-0.3, -0.25) is 9.88 Å². The number of hydrogen-bond acceptors (Lipinski definition) is 6. The van der Waals surface area contributed by atoms with Crippen LogP contribution < -0.4 is 5.32 Å². The molecule has 0 unspecified atom stereocenters. The van der Waals surface area contributed by atoms with Gasteiger partial charge in [0.15, 0.2) is 0 Å². The third-order valence-corrected chi connectivity index (χ3v) is 5.06. The second-order valence-corrected chi connectivity index (χ2v) is 7.17. The Bertz CT molecular complexity index is 898. The number of anilines is 1. The minimum Gasteiger partial charge on any atom is -0.391 e. The fraction of sp³-hybridized carbons (Fsp3) is 0.381. The number of aliphatic hydroxyl groups is 1. The van der Waals surface area contributed by atoms with Gasteiger partial charge in [0.2, 0.25) is 5.95 Å². The summed E-state index contributed by atoms with van der Waals surface area (Å²) < 4.78 is 0. The molecule has 1 aliphatic rings. The molecule has 6 heteroatoms. The Morgan fingerprint density at radius 2 is 1.93 bits per heavy atom. The van der Waals surface area contributed by atoms with E-state index in [1.54, 1.807) is 0 Å². The van der Waals surface area contributed by atoms with Crippen LogP contribution in [0.25, 0.3) is 10.9 Å². The molecule has 1 aliphatic heterocycles. The van der Waals surface area contributed by atoms with Crippen LogP contribution in [0.3, 0.4) is 0 Å². The van der Waals surface area contributed by atoms with Gasteiger partial charge < -0.3 is 10.4 Å². The maximum Gasteiger partial charge on any atom is 0.222 e. The summed E-state index contributed by atoms with van der Waals surface area (Å²) in [6.45, 7) is 5.11. The van der Waals surface area contributed by atoms with E-state index in [0.29, 0.717) is 12.5 Å². The molecule has 0 radical (unpaired) electrons. The highest BCUT2D eigenvalue weighted by molar-refractivity contribution is 5.78. The number of fused-ring (bicyclic) bond motifs is 1. The van der Waals surface area contributed by atoms with Crippen LogP contribution in [0.2, 0.25) is 0 Å². The molecule has 1 saturated heterocycles. The average molecular weight is 363 g/mol. The molecule has 27 heavy (non-hydrogen) atoms. The maximum atomic E-state index is 10.5. The first-order valence-corrected chi connectivity index (χ1v) is 9.51. The predicted molar refractivity (Wildman–Crippen MR) is 106 cm³/mol. The molecule has 0 amide bonds. The highest BCUT2D eigenvalue weighted by Crippen LogP contribution is 2.23. The molecule has 1 fully saturated rings. The van der Waals surface area contributed by atoms with Crippen molar-refractivity contribution in [3.05, 3.63) is 60.0 Å². The smallest absolute Gasteiger partial charge is 0.222 e. The number of para-hydroxylation sites is 1. The van der Waals surface area contributed by atoms with Crippen molar-refractivity contribution in [2.24, 2.45) is 5.92 Å². The van der Waals surface area contributed by atoms with Crippen LogP contribution in [0.1, 0.15) is 18.2 Å². The standard InChI is InChI=1S/C21H25N5O/c1-2-22-21-23-10-15(11-24-21)12-26-13-17(20(27)14-26)9-18-8-7-16-5-3-4-6-19(16)25-18/h3-8,10-11,17,20,27H,2,9,12-14H2,1H3,(H,22,23,24)/t17-,20-/m1/s1. The summed E-state index contributed by atoms with van der Waals surface area (Å²) in [5.41, 5.74) is 3.11. The first-order chi connectivity index (χ1) is 13.2. The molecule has 0 bridgehead atoms. The van der Waals surface area contributed by atoms with Crippen LogP contribution in [0, 0.1) is 5.92 Å². The van der Waals surface area contributed by atoms with Crippen LogP contribution in [-0.4, -0.2) is 50.7 Å². The molecule has 140 valence electrons. The first-order valence-electron chi connectivity index (χ1n) is 9.51. The van der Waals surface area contributed by atoms with Crippen LogP contribution >= 0.6 is 0 Å². The number of β-amino-alcohol motifs (C(OH)–C–C–N with tert-alkyl or cyclic N) is 1. The summed E-state index contributed by atoms with van der Waals surface area (Å²) in [6, 6.07) is 12.3. The fourth-order valence-electron chi connectivity index (χ4n) is 3.71. The minimum atomic E-state index is -0.333. The van der Waals surface area contributed by atoms with E-state index in [2.05, 4.69) is 38.4 Å². The largest absolute Gasteiger partial charge is 0.391 e. The fourth-order valence-corrected chi connectivity index (χ4v) is 3.71. The van der Waals surface area contributed by atoms with Gasteiger partial charge in [-0.1, -0.05) is 24.3 Å². The van der Waals surface area contributed by atoms with Crippen molar-refractivity contribution in [3.63, 3.8) is 0 Å². The summed E-state index contributed by atoms with van der Waals surface area (Å²) in [5.74, 6) is 0.851. The molecule has 0 saturated carbocycles. The Morgan fingerprint density at radius 1 is 1.11 bits per heavy atom. The van der Waals surface area contributed by atoms with Gasteiger partial charge in [0, 0.05) is 61.1 Å². The molecule has 4 rings (SSSR count). The molecule has 3 aromatic rings. The monoisotopic (exact) mass is 363 g/mol. The van der Waals surface area contributed by atoms with Crippen molar-refractivity contribution >= 4 is 16.9 Å². The Kier molecular flexibility index (Phi) is 5.27. The number of hydrogen-bond donors (Lipinski definition) is 2. The predicted octanol–water partition coefficient (Wildman–Crippen LogP) is 2.49. The van der Waals surface area contributed by atoms with Crippen molar-refractivity contribution in [2.75, 3.05) is 25.0 Å². The van der Waals surface area contributed by atoms with E-state index in [0.717, 1.165) is 48.2 Å². The van der Waals surface area contributed by atoms with Crippen molar-refractivity contribution in [1.82, 2.24) is 19.9 Å². The molecule has 2 aromatic heterocycles. The average Bonchev–Trinajstić information content (AvgIpc) is 3.02. The van der Waals surface area contributed by atoms with Gasteiger partial charge >= 0.3 is 0 Å². The number of nitrogens with zero attached hydrogens (tertiary/aromatic N) is 4. The number of likely N-dealkylation sites (tertiary alicyclic amines) is 1. The lowest BCUT2D eigenvalue weighted by atomic mass is 9.99. The van der Waals surface area contributed by atoms with Gasteiger partial charge in [0.1, 0.15) is 0 Å². The lowest BCUT2D eigenvalue weighted by molar-refractivity contribution is 0.140. The van der Waals surface area contributed by atoms with E-state index in [9.17, 15) is 5.11 Å². The number of benzene rings is 1. The Balaban J connectivity index is 1.38. The quantitative estimate of drug-likeness (QED) is 0.701. The number of rotatable bonds is 6. The van der Waals surface area contributed by atoms with Gasteiger partial charge in [-0.15, -0.1) is 0 Å². The van der Waals surface area contributed by atoms with Crippen LogP contribution in [-0.2, 0) is 13.0 Å². The lowest BCUT2D eigenvalue weighted by Crippen LogP contribution is -2.21. The number of aromatic nitrogens is 3. The second kappa shape index (κ2) is 7.98. The third-order valence-electron chi connectivity index (χ3n) is 5.06. The van der Waals surface area contributed by atoms with E-state index < -0.39 is 0 Å². The summed E-state index contributed by atoms with van der Waals surface area (Å²) >= 11 is 0. The van der Waals surface area contributed by atoms with E-state index >= 15 is 0 Å². The Hall–Kier alpha value is -2.57. The zero-order valence-corrected chi connectivity index (χ0v) is 15.5. The van der Waals surface area contributed by atoms with Crippen LogP contribution in [0.5, 0.6) is 0 Å². The first kappa shape index (κ1) is 17.8. The second-order valence-electron chi connectivity index (χ2n) is 7.17. The van der Waals surface area contributed by atoms with Crippen molar-refractivity contribution < 1.29 is 5.11 Å². The zero-order valence-electron chi connectivity index (χ0n) is 15.5. The molecule has 6 nitrogen and oxygen atoms in total. The maximum absolute atomic E-state index is 10.5. The molecule has 2 N–H and O–H groups in total. The molecule has 0 spiro atoms. The van der Waals surface area contributed by atoms with Gasteiger partial charge in [-0.2, -0.15) is 0 Å². The van der Waals surface area contributed by atoms with E-state index in [1.165, 1.54) is 0 Å². The Morgan fingerprint density at radius 3 is 2.74 bits per heavy atom. The number of pyridine rings is 1. The van der Waals surface area contributed by atoms with Gasteiger partial charge in [0.25, 0.3) is 0 Å². The molecule has 0 aliphatic carbocycles. The highest BCUT2D eigenvalue weighted by Gasteiger charge is 2.31. The van der Waals surface area contributed by atoms with Crippen LogP contribution in [0.4, 0.5) is 5.95 Å². The van der Waals surface area contributed by atoms with E-state index in [-0.39, 0.29) is 12.0 Å². The van der Waals surface area contributed by atoms with E-state index in [1.807, 2.05) is 37.5 Å². The van der Waals surface area contributed by atoms with Crippen molar-refractivity contribution in [2.45, 2.75) is 26.0 Å². The molecule has 1 aromatic carbocycles. The van der Waals surface area contributed by atoms with Gasteiger partial charge in [-0.05, 0) is 25.5 Å².